The van der Waals surface area contributed by atoms with E-state index in [-0.39, 0.29) is 34.5 Å². The molecule has 0 spiro atoms. The Bertz CT molecular complexity index is 900. The topological polar surface area (TPSA) is 90.7 Å². The van der Waals surface area contributed by atoms with E-state index in [1.54, 1.807) is 0 Å². The van der Waals surface area contributed by atoms with Gasteiger partial charge in [0.2, 0.25) is 12.7 Å². The van der Waals surface area contributed by atoms with E-state index < -0.39 is 16.6 Å². The molecule has 0 atom stereocenters. The lowest BCUT2D eigenvalue weighted by molar-refractivity contribution is -0.385. The first-order chi connectivity index (χ1) is 11.9. The van der Waals surface area contributed by atoms with Crippen molar-refractivity contribution in [2.45, 2.75) is 0 Å². The van der Waals surface area contributed by atoms with Gasteiger partial charge in [0.1, 0.15) is 5.82 Å². The Balaban J connectivity index is 1.81. The molecule has 0 fully saturated rings. The molecule has 1 aliphatic heterocycles. The lowest BCUT2D eigenvalue weighted by Gasteiger charge is -2.04. The molecule has 1 aliphatic rings. The summed E-state index contributed by atoms with van der Waals surface area (Å²) in [6.07, 6.45) is 2.29. The molecule has 0 unspecified atom stereocenters. The molecule has 7 nitrogen and oxygen atoms in total. The van der Waals surface area contributed by atoms with Gasteiger partial charge in [-0.05, 0) is 30.3 Å². The number of nitro groups is 1. The fourth-order valence-electron chi connectivity index (χ4n) is 2.17. The minimum atomic E-state index is -0.691. The highest BCUT2D eigenvalue weighted by Gasteiger charge is 2.22. The summed E-state index contributed by atoms with van der Waals surface area (Å²) in [5.41, 5.74) is -0.147. The summed E-state index contributed by atoms with van der Waals surface area (Å²) in [6, 6.07) is 6.41. The normalized spacial score (nSPS) is 12.4. The van der Waals surface area contributed by atoms with Crippen molar-refractivity contribution in [3.05, 3.63) is 62.9 Å². The number of ether oxygens (including phenoxy) is 2. The van der Waals surface area contributed by atoms with Crippen LogP contribution in [-0.2, 0) is 4.79 Å². The zero-order valence-electron chi connectivity index (χ0n) is 12.5. The standard InChI is InChI=1S/C16H10ClFN2O5/c17-10-2-3-12(11(18)6-10)19-16(21)4-1-9-5-14-15(25-8-24-14)7-13(9)20(22)23/h1-7H,8H2,(H,19,21)/b4-1+. The number of fused-ring (bicyclic) bond motifs is 1. The molecule has 0 aliphatic carbocycles. The molecule has 0 bridgehead atoms. The highest BCUT2D eigenvalue weighted by Crippen LogP contribution is 2.38. The van der Waals surface area contributed by atoms with Crippen LogP contribution >= 0.6 is 11.6 Å². The van der Waals surface area contributed by atoms with Crippen molar-refractivity contribution in [2.24, 2.45) is 0 Å². The number of benzene rings is 2. The minimum absolute atomic E-state index is 0.0318. The predicted molar refractivity (Wildman–Crippen MR) is 88.3 cm³/mol. The molecule has 0 radical (unpaired) electrons. The van der Waals surface area contributed by atoms with Crippen LogP contribution in [0.25, 0.3) is 6.08 Å². The van der Waals surface area contributed by atoms with Crippen LogP contribution in [0.15, 0.2) is 36.4 Å². The summed E-state index contributed by atoms with van der Waals surface area (Å²) in [6.45, 7) is -0.0318. The molecule has 0 saturated carbocycles. The van der Waals surface area contributed by atoms with Crippen LogP contribution in [0.1, 0.15) is 5.56 Å². The van der Waals surface area contributed by atoms with E-state index in [4.69, 9.17) is 21.1 Å². The molecule has 9 heteroatoms. The summed E-state index contributed by atoms with van der Waals surface area (Å²) in [4.78, 5) is 22.5. The largest absolute Gasteiger partial charge is 0.454 e. The lowest BCUT2D eigenvalue weighted by Crippen LogP contribution is -2.09. The molecule has 128 valence electrons. The second kappa shape index (κ2) is 6.78. The van der Waals surface area contributed by atoms with Crippen LogP contribution < -0.4 is 14.8 Å². The van der Waals surface area contributed by atoms with E-state index in [9.17, 15) is 19.3 Å². The zero-order valence-corrected chi connectivity index (χ0v) is 13.2. The van der Waals surface area contributed by atoms with Gasteiger partial charge in [-0.1, -0.05) is 11.6 Å². The Labute approximate surface area is 145 Å². The molecule has 0 saturated heterocycles. The monoisotopic (exact) mass is 364 g/mol. The van der Waals surface area contributed by atoms with E-state index in [0.29, 0.717) is 5.75 Å². The predicted octanol–water partition coefficient (Wildman–Crippen LogP) is 3.77. The van der Waals surface area contributed by atoms with Gasteiger partial charge in [0, 0.05) is 11.1 Å². The number of hydrogen-bond acceptors (Lipinski definition) is 5. The third-order valence-electron chi connectivity index (χ3n) is 3.32. The van der Waals surface area contributed by atoms with Crippen molar-refractivity contribution in [1.29, 1.82) is 0 Å². The number of halogens is 2. The van der Waals surface area contributed by atoms with Gasteiger partial charge >= 0.3 is 0 Å². The molecule has 0 aromatic heterocycles. The van der Waals surface area contributed by atoms with Crippen LogP contribution in [-0.4, -0.2) is 17.6 Å². The van der Waals surface area contributed by atoms with Gasteiger partial charge in [0.05, 0.1) is 22.2 Å². The Morgan fingerprint density at radius 1 is 1.28 bits per heavy atom. The number of amides is 1. The fraction of sp³-hybridized carbons (Fsp3) is 0.0625. The second-order valence-corrected chi connectivity index (χ2v) is 5.40. The SMILES string of the molecule is O=C(/C=C/c1cc2c(cc1[N+](=O)[O-])OCO2)Nc1ccc(Cl)cc1F. The van der Waals surface area contributed by atoms with Gasteiger partial charge in [-0.15, -0.1) is 0 Å². The molecule has 1 heterocycles. The van der Waals surface area contributed by atoms with Crippen molar-refractivity contribution < 1.29 is 23.6 Å². The van der Waals surface area contributed by atoms with Crippen molar-refractivity contribution in [2.75, 3.05) is 12.1 Å². The van der Waals surface area contributed by atoms with Crippen LogP contribution in [0, 0.1) is 15.9 Å². The maximum Gasteiger partial charge on any atom is 0.280 e. The first-order valence-corrected chi connectivity index (χ1v) is 7.34. The van der Waals surface area contributed by atoms with E-state index in [1.165, 1.54) is 30.3 Å². The summed E-state index contributed by atoms with van der Waals surface area (Å²) in [7, 11) is 0. The van der Waals surface area contributed by atoms with Gasteiger partial charge < -0.3 is 14.8 Å². The van der Waals surface area contributed by atoms with E-state index >= 15 is 0 Å². The van der Waals surface area contributed by atoms with Crippen molar-refractivity contribution in [3.63, 3.8) is 0 Å². The average Bonchev–Trinajstić information content (AvgIpc) is 3.02. The first-order valence-electron chi connectivity index (χ1n) is 6.96. The second-order valence-electron chi connectivity index (χ2n) is 4.97. The lowest BCUT2D eigenvalue weighted by atomic mass is 10.1. The van der Waals surface area contributed by atoms with Crippen molar-refractivity contribution in [3.8, 4) is 11.5 Å². The van der Waals surface area contributed by atoms with Gasteiger partial charge in [-0.2, -0.15) is 0 Å². The first kappa shape index (κ1) is 16.7. The van der Waals surface area contributed by atoms with E-state index in [1.807, 2.05) is 0 Å². The third-order valence-corrected chi connectivity index (χ3v) is 3.56. The number of anilines is 1. The van der Waals surface area contributed by atoms with Gasteiger partial charge in [-0.3, -0.25) is 14.9 Å². The summed E-state index contributed by atoms with van der Waals surface area (Å²) in [5.74, 6) is -0.748. The highest BCUT2D eigenvalue weighted by atomic mass is 35.5. The van der Waals surface area contributed by atoms with Crippen LogP contribution in [0.5, 0.6) is 11.5 Å². The Hall–Kier alpha value is -3.13. The Kier molecular flexibility index (Phi) is 4.53. The average molecular weight is 365 g/mol. The van der Waals surface area contributed by atoms with Gasteiger partial charge in [0.25, 0.3) is 5.69 Å². The van der Waals surface area contributed by atoms with Crippen molar-refractivity contribution in [1.82, 2.24) is 0 Å². The zero-order chi connectivity index (χ0) is 18.0. The number of nitro benzene ring substituents is 1. The van der Waals surface area contributed by atoms with Gasteiger partial charge in [0.15, 0.2) is 11.5 Å². The van der Waals surface area contributed by atoms with Crippen LogP contribution in [0.2, 0.25) is 5.02 Å². The Morgan fingerprint density at radius 2 is 2.00 bits per heavy atom. The van der Waals surface area contributed by atoms with Crippen LogP contribution in [0.3, 0.4) is 0 Å². The highest BCUT2D eigenvalue weighted by molar-refractivity contribution is 6.30. The number of nitrogens with one attached hydrogen (secondary N) is 1. The molecular formula is C16H10ClFN2O5. The quantitative estimate of drug-likeness (QED) is 0.506. The van der Waals surface area contributed by atoms with Crippen molar-refractivity contribution >= 4 is 35.0 Å². The summed E-state index contributed by atoms with van der Waals surface area (Å²) in [5, 5.41) is 13.7. The number of rotatable bonds is 4. The molecule has 2 aromatic rings. The number of carbonyl (C=O) groups is 1. The van der Waals surface area contributed by atoms with Crippen LogP contribution in [0.4, 0.5) is 15.8 Å². The molecule has 2 aromatic carbocycles. The fourth-order valence-corrected chi connectivity index (χ4v) is 2.33. The molecule has 3 rings (SSSR count). The van der Waals surface area contributed by atoms with E-state index in [2.05, 4.69) is 5.32 Å². The third kappa shape index (κ3) is 3.69. The molecular weight excluding hydrogens is 355 g/mol. The molecule has 1 N–H and O–H groups in total. The summed E-state index contributed by atoms with van der Waals surface area (Å²) < 4.78 is 23.9. The Morgan fingerprint density at radius 3 is 2.68 bits per heavy atom. The van der Waals surface area contributed by atoms with E-state index in [0.717, 1.165) is 12.1 Å². The van der Waals surface area contributed by atoms with Gasteiger partial charge in [-0.25, -0.2) is 4.39 Å². The smallest absolute Gasteiger partial charge is 0.280 e. The summed E-state index contributed by atoms with van der Waals surface area (Å²) >= 11 is 5.64. The number of carbonyl (C=O) groups excluding carboxylic acids is 1. The molecule has 1 amide bonds. The number of hydrogen-bond donors (Lipinski definition) is 1. The minimum Gasteiger partial charge on any atom is -0.454 e. The number of nitrogens with zero attached hydrogens (tertiary/aromatic N) is 1. The molecule has 25 heavy (non-hydrogen) atoms. The maximum atomic E-state index is 13.7. The maximum absolute atomic E-state index is 13.7.